The van der Waals surface area contributed by atoms with Crippen molar-refractivity contribution in [3.63, 3.8) is 0 Å². The monoisotopic (exact) mass is 404 g/mol. The molecule has 0 bridgehead atoms. The maximum Gasteiger partial charge on any atom is 0.326 e. The number of hydrogen-bond acceptors (Lipinski definition) is 3. The number of rotatable bonds is 4. The van der Waals surface area contributed by atoms with E-state index in [2.05, 4.69) is 10.3 Å². The van der Waals surface area contributed by atoms with Crippen molar-refractivity contribution in [2.24, 2.45) is 0 Å². The summed E-state index contributed by atoms with van der Waals surface area (Å²) >= 11 is 0. The predicted molar refractivity (Wildman–Crippen MR) is 117 cm³/mol. The van der Waals surface area contributed by atoms with Crippen LogP contribution < -0.4 is 11.0 Å². The molecule has 1 aliphatic rings. The quantitative estimate of drug-likeness (QED) is 0.655. The molecule has 7 heteroatoms. The Hall–Kier alpha value is -3.61. The van der Waals surface area contributed by atoms with Crippen molar-refractivity contribution >= 4 is 34.6 Å². The minimum Gasteiger partial charge on any atom is -0.339 e. The van der Waals surface area contributed by atoms with Gasteiger partial charge in [-0.1, -0.05) is 24.3 Å². The van der Waals surface area contributed by atoms with Crippen molar-refractivity contribution in [2.75, 3.05) is 18.4 Å². The van der Waals surface area contributed by atoms with E-state index in [4.69, 9.17) is 0 Å². The summed E-state index contributed by atoms with van der Waals surface area (Å²) in [6.07, 6.45) is 4.83. The molecular formula is C23H24N4O3. The lowest BCUT2D eigenvalue weighted by Crippen LogP contribution is -2.39. The molecule has 4 rings (SSSR count). The molecule has 1 fully saturated rings. The number of piperidine rings is 1. The highest BCUT2D eigenvalue weighted by Gasteiger charge is 2.25. The number of aromatic nitrogens is 2. The van der Waals surface area contributed by atoms with Crippen LogP contribution in [0.5, 0.6) is 0 Å². The van der Waals surface area contributed by atoms with Crippen molar-refractivity contribution in [3.8, 4) is 0 Å². The molecule has 2 N–H and O–H groups in total. The second kappa shape index (κ2) is 8.41. The average molecular weight is 404 g/mol. The molecule has 7 nitrogen and oxygen atoms in total. The van der Waals surface area contributed by atoms with Crippen LogP contribution in [-0.4, -0.2) is 39.4 Å². The molecule has 3 aromatic rings. The molecule has 0 aliphatic carbocycles. The van der Waals surface area contributed by atoms with Gasteiger partial charge in [0.25, 0.3) is 0 Å². The molecule has 1 aliphatic heterocycles. The topological polar surface area (TPSA) is 87.2 Å². The van der Waals surface area contributed by atoms with Crippen molar-refractivity contribution < 1.29 is 9.59 Å². The third-order valence-corrected chi connectivity index (χ3v) is 5.41. The van der Waals surface area contributed by atoms with Crippen molar-refractivity contribution in [1.82, 2.24) is 14.5 Å². The first-order chi connectivity index (χ1) is 14.5. The van der Waals surface area contributed by atoms with Gasteiger partial charge in [0, 0.05) is 37.8 Å². The van der Waals surface area contributed by atoms with Crippen molar-refractivity contribution in [1.29, 1.82) is 0 Å². The highest BCUT2D eigenvalue weighted by Crippen LogP contribution is 2.25. The molecule has 30 heavy (non-hydrogen) atoms. The number of carbonyl (C=O) groups is 2. The fourth-order valence-corrected chi connectivity index (χ4v) is 3.93. The Bertz CT molecular complexity index is 1150. The minimum absolute atomic E-state index is 0.0364. The number of amides is 2. The molecule has 1 saturated heterocycles. The summed E-state index contributed by atoms with van der Waals surface area (Å²) in [7, 11) is 0. The zero-order valence-corrected chi connectivity index (χ0v) is 16.8. The molecular weight excluding hydrogens is 380 g/mol. The van der Waals surface area contributed by atoms with Gasteiger partial charge in [-0.2, -0.15) is 0 Å². The summed E-state index contributed by atoms with van der Waals surface area (Å²) in [4.78, 5) is 40.7. The number of aromatic amines is 1. The summed E-state index contributed by atoms with van der Waals surface area (Å²) < 4.78 is 1.82. The number of fused-ring (bicyclic) bond motifs is 1. The number of likely N-dealkylation sites (tertiary alicyclic amines) is 1. The number of nitrogens with zero attached hydrogens (tertiary/aromatic N) is 2. The van der Waals surface area contributed by atoms with Crippen LogP contribution in [0.3, 0.4) is 0 Å². The van der Waals surface area contributed by atoms with Gasteiger partial charge in [-0.05, 0) is 48.7 Å². The van der Waals surface area contributed by atoms with Crippen LogP contribution in [0.25, 0.3) is 17.1 Å². The number of benzene rings is 2. The Morgan fingerprint density at radius 1 is 1.07 bits per heavy atom. The Labute approximate surface area is 174 Å². The third-order valence-electron chi connectivity index (χ3n) is 5.41. The molecule has 154 valence electrons. The van der Waals surface area contributed by atoms with Crippen molar-refractivity contribution in [3.05, 3.63) is 70.7 Å². The smallest absolute Gasteiger partial charge is 0.326 e. The maximum absolute atomic E-state index is 12.6. The van der Waals surface area contributed by atoms with Gasteiger partial charge in [0.2, 0.25) is 11.8 Å². The van der Waals surface area contributed by atoms with Gasteiger partial charge in [-0.25, -0.2) is 4.79 Å². The molecule has 0 spiro atoms. The van der Waals surface area contributed by atoms with Crippen LogP contribution in [-0.2, 0) is 9.59 Å². The van der Waals surface area contributed by atoms with E-state index >= 15 is 0 Å². The van der Waals surface area contributed by atoms with Crippen molar-refractivity contribution in [2.45, 2.75) is 25.8 Å². The number of anilines is 1. The van der Waals surface area contributed by atoms with E-state index in [-0.39, 0.29) is 23.5 Å². The average Bonchev–Trinajstić information content (AvgIpc) is 3.08. The summed E-state index contributed by atoms with van der Waals surface area (Å²) in [5.41, 5.74) is 3.27. The first-order valence-electron chi connectivity index (χ1n) is 10.0. The molecule has 2 amide bonds. The summed E-state index contributed by atoms with van der Waals surface area (Å²) in [5.74, 6) is -0.155. The first kappa shape index (κ1) is 19.7. The fourth-order valence-electron chi connectivity index (χ4n) is 3.93. The molecule has 2 heterocycles. The summed E-state index contributed by atoms with van der Waals surface area (Å²) in [6.45, 7) is 2.69. The lowest BCUT2D eigenvalue weighted by Gasteiger charge is -2.32. The van der Waals surface area contributed by atoms with Crippen LogP contribution in [0.15, 0.2) is 59.4 Å². The van der Waals surface area contributed by atoms with Gasteiger partial charge in [0.15, 0.2) is 0 Å². The third kappa shape index (κ3) is 4.20. The van der Waals surface area contributed by atoms with Crippen LogP contribution in [0.2, 0.25) is 0 Å². The van der Waals surface area contributed by atoms with Gasteiger partial charge >= 0.3 is 5.69 Å². The standard InChI is InChI=1S/C23H24N4O3/c1-16(28)24-18-9-6-17(7-10-18)8-11-22(29)26-14-12-19(13-15-26)27-21-5-3-2-4-20(21)25-23(27)30/h2-11,19H,12-15H2,1H3,(H,24,28)(H,25,30)/b11-8+. The predicted octanol–water partition coefficient (Wildman–Crippen LogP) is 3.16. The van der Waals surface area contributed by atoms with Gasteiger partial charge in [-0.3, -0.25) is 14.2 Å². The normalized spacial score (nSPS) is 15.0. The Balaban J connectivity index is 1.37. The van der Waals surface area contributed by atoms with Crippen LogP contribution in [0.1, 0.15) is 31.4 Å². The molecule has 0 unspecified atom stereocenters. The Kier molecular flexibility index (Phi) is 5.52. The van der Waals surface area contributed by atoms with E-state index in [1.807, 2.05) is 45.9 Å². The zero-order chi connectivity index (χ0) is 21.1. The Morgan fingerprint density at radius 2 is 1.77 bits per heavy atom. The Morgan fingerprint density at radius 3 is 2.47 bits per heavy atom. The van der Waals surface area contributed by atoms with Gasteiger partial charge < -0.3 is 15.2 Å². The highest BCUT2D eigenvalue weighted by molar-refractivity contribution is 5.92. The fraction of sp³-hybridized carbons (Fsp3) is 0.261. The summed E-state index contributed by atoms with van der Waals surface area (Å²) in [5, 5.41) is 2.71. The van der Waals surface area contributed by atoms with Gasteiger partial charge in [-0.15, -0.1) is 0 Å². The van der Waals surface area contributed by atoms with E-state index in [9.17, 15) is 14.4 Å². The molecule has 1 aromatic heterocycles. The lowest BCUT2D eigenvalue weighted by atomic mass is 10.0. The highest BCUT2D eigenvalue weighted by atomic mass is 16.2. The number of imidazole rings is 1. The number of hydrogen-bond donors (Lipinski definition) is 2. The molecule has 0 saturated carbocycles. The SMILES string of the molecule is CC(=O)Nc1ccc(/C=C/C(=O)N2CCC(n3c(=O)[nH]c4ccccc43)CC2)cc1. The van der Waals surface area contributed by atoms with Crippen LogP contribution in [0.4, 0.5) is 5.69 Å². The van der Waals surface area contributed by atoms with Gasteiger partial charge in [0.1, 0.15) is 0 Å². The second-order valence-electron chi connectivity index (χ2n) is 7.51. The van der Waals surface area contributed by atoms with E-state index < -0.39 is 0 Å². The minimum atomic E-state index is -0.119. The molecule has 0 radical (unpaired) electrons. The largest absolute Gasteiger partial charge is 0.339 e. The number of carbonyl (C=O) groups excluding carboxylic acids is 2. The van der Waals surface area contributed by atoms with Crippen LogP contribution >= 0.6 is 0 Å². The zero-order valence-electron chi connectivity index (χ0n) is 16.8. The number of H-pyrrole nitrogens is 1. The van der Waals surface area contributed by atoms with E-state index in [0.717, 1.165) is 35.1 Å². The maximum atomic E-state index is 12.6. The van der Waals surface area contributed by atoms with E-state index in [0.29, 0.717) is 13.1 Å². The first-order valence-corrected chi connectivity index (χ1v) is 10.0. The number of para-hydroxylation sites is 2. The second-order valence-corrected chi connectivity index (χ2v) is 7.51. The van der Waals surface area contributed by atoms with Crippen LogP contribution in [0, 0.1) is 0 Å². The lowest BCUT2D eigenvalue weighted by molar-refractivity contribution is -0.127. The molecule has 2 aromatic carbocycles. The van der Waals surface area contributed by atoms with Gasteiger partial charge in [0.05, 0.1) is 11.0 Å². The number of nitrogens with one attached hydrogen (secondary N) is 2. The molecule has 0 atom stereocenters. The van der Waals surface area contributed by atoms with E-state index in [1.54, 1.807) is 24.3 Å². The van der Waals surface area contributed by atoms with E-state index in [1.165, 1.54) is 6.92 Å². The summed E-state index contributed by atoms with van der Waals surface area (Å²) in [6, 6.07) is 15.1.